The lowest BCUT2D eigenvalue weighted by Crippen LogP contribution is -2.30. The maximum absolute atomic E-state index is 13.5. The van der Waals surface area contributed by atoms with E-state index < -0.39 is 17.1 Å². The van der Waals surface area contributed by atoms with Crippen LogP contribution in [-0.4, -0.2) is 37.1 Å². The number of hydrogen-bond donors (Lipinski definition) is 3. The van der Waals surface area contributed by atoms with E-state index in [1.807, 2.05) is 62.3 Å². The number of benzene rings is 3. The molecule has 46 heavy (non-hydrogen) atoms. The van der Waals surface area contributed by atoms with Crippen molar-refractivity contribution in [2.24, 2.45) is 0 Å². The summed E-state index contributed by atoms with van der Waals surface area (Å²) in [5, 5.41) is 18.6. The summed E-state index contributed by atoms with van der Waals surface area (Å²) in [7, 11) is 3.90. The molecule has 0 fully saturated rings. The molecule has 4 aromatic rings. The molecule has 3 aromatic carbocycles. The number of nitrogens with one attached hydrogen (secondary N) is 3. The zero-order valence-corrected chi connectivity index (χ0v) is 27.6. The maximum Gasteiger partial charge on any atom is 0.272 e. The number of carbonyl (C=O) groups is 3. The van der Waals surface area contributed by atoms with Crippen molar-refractivity contribution in [1.29, 1.82) is 5.26 Å². The van der Waals surface area contributed by atoms with E-state index >= 15 is 0 Å². The molecule has 8 nitrogen and oxygen atoms in total. The Morgan fingerprint density at radius 1 is 0.957 bits per heavy atom. The number of hydrogen-bond acceptors (Lipinski definition) is 7. The smallest absolute Gasteiger partial charge is 0.272 e. The molecular formula is C36H35N5O3S2. The van der Waals surface area contributed by atoms with Crippen LogP contribution in [0.3, 0.4) is 0 Å². The lowest BCUT2D eigenvalue weighted by molar-refractivity contribution is -0.115. The molecular weight excluding hydrogens is 615 g/mol. The van der Waals surface area contributed by atoms with Gasteiger partial charge in [0, 0.05) is 40.8 Å². The van der Waals surface area contributed by atoms with Gasteiger partial charge in [-0.3, -0.25) is 14.4 Å². The van der Waals surface area contributed by atoms with Gasteiger partial charge in [0.15, 0.2) is 0 Å². The summed E-state index contributed by atoms with van der Waals surface area (Å²) < 4.78 is 0. The third-order valence-electron chi connectivity index (χ3n) is 7.54. The summed E-state index contributed by atoms with van der Waals surface area (Å²) in [6.45, 7) is 1.81. The third-order valence-corrected chi connectivity index (χ3v) is 9.84. The number of aryl methyl sites for hydroxylation is 1. The molecule has 1 heterocycles. The normalized spacial score (nSPS) is 13.1. The predicted octanol–water partition coefficient (Wildman–Crippen LogP) is 7.09. The second-order valence-electron chi connectivity index (χ2n) is 11.1. The topological polar surface area (TPSA) is 114 Å². The minimum absolute atomic E-state index is 0.0872. The van der Waals surface area contributed by atoms with Gasteiger partial charge >= 0.3 is 0 Å². The highest BCUT2D eigenvalue weighted by molar-refractivity contribution is 8.00. The van der Waals surface area contributed by atoms with Gasteiger partial charge in [-0.1, -0.05) is 36.4 Å². The lowest BCUT2D eigenvalue weighted by atomic mass is 9.96. The van der Waals surface area contributed by atoms with E-state index in [1.165, 1.54) is 28.0 Å². The van der Waals surface area contributed by atoms with Gasteiger partial charge in [-0.25, -0.2) is 0 Å². The number of amides is 3. The maximum atomic E-state index is 13.5. The first-order valence-corrected chi connectivity index (χ1v) is 16.7. The molecule has 3 N–H and O–H groups in total. The number of anilines is 3. The van der Waals surface area contributed by atoms with E-state index in [-0.39, 0.29) is 11.6 Å². The Bertz CT molecular complexity index is 1810. The Hall–Kier alpha value is -4.85. The van der Waals surface area contributed by atoms with E-state index in [0.717, 1.165) is 47.4 Å². The molecule has 1 atom stereocenters. The van der Waals surface area contributed by atoms with Gasteiger partial charge in [0.2, 0.25) is 5.91 Å². The Morgan fingerprint density at radius 2 is 1.70 bits per heavy atom. The van der Waals surface area contributed by atoms with Crippen molar-refractivity contribution < 1.29 is 14.4 Å². The first kappa shape index (κ1) is 32.5. The minimum atomic E-state index is -0.486. The third kappa shape index (κ3) is 8.05. The second kappa shape index (κ2) is 15.0. The SMILES string of the molecule is CC(Sc1cccc(NC(=O)/C(=C\c2ccc(N(C)C)cc2)NC(=O)c2ccccc2)c1)C(=O)Nc1sc2c(c1C#N)CCCC2. The van der Waals surface area contributed by atoms with Crippen LogP contribution in [0.1, 0.15) is 51.7 Å². The molecule has 5 rings (SSSR count). The van der Waals surface area contributed by atoms with E-state index in [9.17, 15) is 19.6 Å². The molecule has 0 bridgehead atoms. The van der Waals surface area contributed by atoms with Crippen LogP contribution in [-0.2, 0) is 22.4 Å². The molecule has 10 heteroatoms. The highest BCUT2D eigenvalue weighted by atomic mass is 32.2. The average molecular weight is 650 g/mol. The van der Waals surface area contributed by atoms with Crippen molar-refractivity contribution in [1.82, 2.24) is 5.32 Å². The van der Waals surface area contributed by atoms with Crippen molar-refractivity contribution in [2.45, 2.75) is 42.8 Å². The van der Waals surface area contributed by atoms with E-state index in [0.29, 0.717) is 21.8 Å². The zero-order valence-electron chi connectivity index (χ0n) is 25.9. The molecule has 3 amide bonds. The Labute approximate surface area is 277 Å². The van der Waals surface area contributed by atoms with Crippen LogP contribution in [0.25, 0.3) is 6.08 Å². The molecule has 0 radical (unpaired) electrons. The minimum Gasteiger partial charge on any atom is -0.378 e. The summed E-state index contributed by atoms with van der Waals surface area (Å²) in [5.41, 5.74) is 4.46. The summed E-state index contributed by atoms with van der Waals surface area (Å²) in [6, 6.07) is 25.9. The largest absolute Gasteiger partial charge is 0.378 e. The van der Waals surface area contributed by atoms with Crippen molar-refractivity contribution in [3.8, 4) is 6.07 Å². The molecule has 234 valence electrons. The second-order valence-corrected chi connectivity index (χ2v) is 13.6. The Morgan fingerprint density at radius 3 is 2.41 bits per heavy atom. The number of fused-ring (bicyclic) bond motifs is 1. The lowest BCUT2D eigenvalue weighted by Gasteiger charge is -2.14. The van der Waals surface area contributed by atoms with Crippen LogP contribution in [0.4, 0.5) is 16.4 Å². The Kier molecular flexibility index (Phi) is 10.6. The standard InChI is InChI=1S/C36H35N5O3S2/c1-23(33(42)40-36-30(22-37)29-14-7-8-15-32(29)46-36)45-28-13-9-12-26(21-28)38-35(44)31(39-34(43)25-10-5-4-6-11-25)20-24-16-18-27(19-17-24)41(2)3/h4-6,9-13,16-21,23H,7-8,14-15H2,1-3H3,(H,38,44)(H,39,43)(H,40,42)/b31-20+. The average Bonchev–Trinajstić information content (AvgIpc) is 3.42. The number of rotatable bonds is 10. The zero-order chi connectivity index (χ0) is 32.6. The van der Waals surface area contributed by atoms with Crippen molar-refractivity contribution in [3.05, 3.63) is 112 Å². The van der Waals surface area contributed by atoms with Crippen molar-refractivity contribution in [2.75, 3.05) is 29.6 Å². The van der Waals surface area contributed by atoms with Crippen LogP contribution >= 0.6 is 23.1 Å². The van der Waals surface area contributed by atoms with Crippen LogP contribution in [0.15, 0.2) is 89.5 Å². The van der Waals surface area contributed by atoms with Gasteiger partial charge in [-0.15, -0.1) is 23.1 Å². The summed E-state index contributed by atoms with van der Waals surface area (Å²) >= 11 is 2.86. The van der Waals surface area contributed by atoms with Crippen molar-refractivity contribution in [3.63, 3.8) is 0 Å². The number of nitriles is 1. The van der Waals surface area contributed by atoms with Gasteiger partial charge in [-0.05, 0) is 92.3 Å². The molecule has 1 aliphatic rings. The molecule has 0 saturated carbocycles. The number of carbonyl (C=O) groups excluding carboxylic acids is 3. The number of nitrogens with zero attached hydrogens (tertiary/aromatic N) is 2. The van der Waals surface area contributed by atoms with Crippen LogP contribution in [0, 0.1) is 11.3 Å². The van der Waals surface area contributed by atoms with Gasteiger partial charge in [0.1, 0.15) is 16.8 Å². The van der Waals surface area contributed by atoms with E-state index in [1.54, 1.807) is 48.5 Å². The van der Waals surface area contributed by atoms with Crippen LogP contribution in [0.5, 0.6) is 0 Å². The highest BCUT2D eigenvalue weighted by Gasteiger charge is 2.24. The fraction of sp³-hybridized carbons (Fsp3) is 0.222. The van der Waals surface area contributed by atoms with Crippen LogP contribution in [0.2, 0.25) is 0 Å². The molecule has 0 aliphatic heterocycles. The fourth-order valence-electron chi connectivity index (χ4n) is 5.07. The fourth-order valence-corrected chi connectivity index (χ4v) is 7.24. The summed E-state index contributed by atoms with van der Waals surface area (Å²) in [4.78, 5) is 43.7. The van der Waals surface area contributed by atoms with Crippen LogP contribution < -0.4 is 20.9 Å². The molecule has 0 spiro atoms. The monoisotopic (exact) mass is 649 g/mol. The van der Waals surface area contributed by atoms with Gasteiger partial charge in [0.25, 0.3) is 11.8 Å². The molecule has 1 aliphatic carbocycles. The first-order chi connectivity index (χ1) is 22.2. The first-order valence-electron chi connectivity index (χ1n) is 15.0. The molecule has 0 saturated heterocycles. The quantitative estimate of drug-likeness (QED) is 0.125. The van der Waals surface area contributed by atoms with Crippen molar-refractivity contribution >= 4 is 63.3 Å². The van der Waals surface area contributed by atoms with Gasteiger partial charge < -0.3 is 20.9 Å². The summed E-state index contributed by atoms with van der Waals surface area (Å²) in [6.07, 6.45) is 5.63. The molecule has 1 aromatic heterocycles. The Balaban J connectivity index is 1.29. The van der Waals surface area contributed by atoms with E-state index in [2.05, 4.69) is 22.0 Å². The number of thioether (sulfide) groups is 1. The number of thiophene rings is 1. The molecule has 1 unspecified atom stereocenters. The summed E-state index contributed by atoms with van der Waals surface area (Å²) in [5.74, 6) is -1.08. The highest BCUT2D eigenvalue weighted by Crippen LogP contribution is 2.38. The van der Waals surface area contributed by atoms with Gasteiger partial charge in [0.05, 0.1) is 10.8 Å². The predicted molar refractivity (Wildman–Crippen MR) is 187 cm³/mol. The van der Waals surface area contributed by atoms with E-state index in [4.69, 9.17) is 0 Å². The van der Waals surface area contributed by atoms with Gasteiger partial charge in [-0.2, -0.15) is 5.26 Å².